The van der Waals surface area contributed by atoms with E-state index in [0.29, 0.717) is 5.92 Å². The van der Waals surface area contributed by atoms with E-state index in [0.717, 1.165) is 66.3 Å². The summed E-state index contributed by atoms with van der Waals surface area (Å²) in [5, 5.41) is 10.2. The van der Waals surface area contributed by atoms with Crippen LogP contribution in [0.2, 0.25) is 0 Å². The lowest BCUT2D eigenvalue weighted by molar-refractivity contribution is -0.137. The summed E-state index contributed by atoms with van der Waals surface area (Å²) >= 11 is 0. The van der Waals surface area contributed by atoms with Crippen LogP contribution in [0, 0.1) is 33.6 Å². The smallest absolute Gasteiger partial charge is 0.303 e. The van der Waals surface area contributed by atoms with Crippen molar-refractivity contribution in [2.75, 3.05) is 25.1 Å². The number of hydrogen-bond donors (Lipinski definition) is 1. The molecule has 3 heterocycles. The number of rotatable bonds is 6. The number of carbonyl (C=O) groups is 1. The first-order valence-electron chi connectivity index (χ1n) is 11.4. The summed E-state index contributed by atoms with van der Waals surface area (Å²) in [7, 11) is 1.70. The zero-order valence-corrected chi connectivity index (χ0v) is 19.7. The third-order valence-corrected chi connectivity index (χ3v) is 6.72. The number of aliphatic carboxylic acids is 1. The summed E-state index contributed by atoms with van der Waals surface area (Å²) in [4.78, 5) is 18.3. The van der Waals surface area contributed by atoms with Crippen molar-refractivity contribution in [3.05, 3.63) is 46.8 Å². The maximum absolute atomic E-state index is 10.9. The molecule has 1 aliphatic rings. The molecule has 3 aromatic rings. The maximum atomic E-state index is 10.9. The van der Waals surface area contributed by atoms with Crippen molar-refractivity contribution < 1.29 is 14.6 Å². The molecule has 0 aliphatic carbocycles. The molecule has 1 saturated heterocycles. The van der Waals surface area contributed by atoms with Crippen LogP contribution < -0.4 is 9.64 Å². The molecule has 4 rings (SSSR count). The number of carboxylic acid groups (broad SMARTS) is 1. The Morgan fingerprint density at radius 1 is 1.09 bits per heavy atom. The highest BCUT2D eigenvalue weighted by Crippen LogP contribution is 2.37. The summed E-state index contributed by atoms with van der Waals surface area (Å²) in [6.45, 7) is 10.4. The van der Waals surface area contributed by atoms with E-state index in [9.17, 15) is 4.79 Å². The van der Waals surface area contributed by atoms with Crippen molar-refractivity contribution in [3.8, 4) is 11.4 Å². The minimum atomic E-state index is -0.694. The van der Waals surface area contributed by atoms with Gasteiger partial charge in [0.1, 0.15) is 11.4 Å². The van der Waals surface area contributed by atoms with E-state index in [1.165, 1.54) is 16.6 Å². The summed E-state index contributed by atoms with van der Waals surface area (Å²) in [5.41, 5.74) is 7.91. The SMILES string of the molecule is COc1cc(C)c(-n2cc(C)c3c(N4CCC(CCC(=O)O)CC4)cc(C)nc32)c(C)c1. The number of aromatic nitrogens is 2. The van der Waals surface area contributed by atoms with Gasteiger partial charge in [0, 0.05) is 42.5 Å². The molecule has 0 amide bonds. The molecule has 0 atom stereocenters. The van der Waals surface area contributed by atoms with E-state index >= 15 is 0 Å². The molecule has 6 heteroatoms. The van der Waals surface area contributed by atoms with Crippen LogP contribution in [0.3, 0.4) is 0 Å². The predicted octanol–water partition coefficient (Wildman–Crippen LogP) is 5.35. The molecule has 1 aliphatic heterocycles. The molecule has 0 radical (unpaired) electrons. The highest BCUT2D eigenvalue weighted by Gasteiger charge is 2.24. The van der Waals surface area contributed by atoms with Gasteiger partial charge in [-0.1, -0.05) is 0 Å². The summed E-state index contributed by atoms with van der Waals surface area (Å²) < 4.78 is 7.68. The normalized spacial score (nSPS) is 14.8. The van der Waals surface area contributed by atoms with Crippen molar-refractivity contribution in [1.29, 1.82) is 0 Å². The number of ether oxygens (including phenoxy) is 1. The fraction of sp³-hybridized carbons (Fsp3) is 0.462. The molecule has 6 nitrogen and oxygen atoms in total. The highest BCUT2D eigenvalue weighted by molar-refractivity contribution is 5.95. The average molecular weight is 436 g/mol. The van der Waals surface area contributed by atoms with Gasteiger partial charge in [0.05, 0.1) is 12.8 Å². The Hall–Kier alpha value is -3.02. The molecule has 2 aromatic heterocycles. The van der Waals surface area contributed by atoms with Gasteiger partial charge in [0.15, 0.2) is 0 Å². The minimum Gasteiger partial charge on any atom is -0.497 e. The van der Waals surface area contributed by atoms with Crippen LogP contribution in [0.5, 0.6) is 5.75 Å². The largest absolute Gasteiger partial charge is 0.497 e. The first-order chi connectivity index (χ1) is 15.3. The molecule has 32 heavy (non-hydrogen) atoms. The Morgan fingerprint density at radius 3 is 2.34 bits per heavy atom. The van der Waals surface area contributed by atoms with Crippen molar-refractivity contribution in [2.24, 2.45) is 5.92 Å². The number of benzene rings is 1. The summed E-state index contributed by atoms with van der Waals surface area (Å²) in [5.74, 6) is 0.670. The van der Waals surface area contributed by atoms with Crippen LogP contribution in [0.25, 0.3) is 16.7 Å². The second kappa shape index (κ2) is 8.85. The number of anilines is 1. The van der Waals surface area contributed by atoms with Crippen molar-refractivity contribution >= 4 is 22.7 Å². The lowest BCUT2D eigenvalue weighted by Crippen LogP contribution is -2.34. The molecule has 0 spiro atoms. The fourth-order valence-corrected chi connectivity index (χ4v) is 5.14. The van der Waals surface area contributed by atoms with E-state index in [1.54, 1.807) is 7.11 Å². The minimum absolute atomic E-state index is 0.270. The van der Waals surface area contributed by atoms with Crippen molar-refractivity contribution in [2.45, 2.75) is 53.4 Å². The second-order valence-electron chi connectivity index (χ2n) is 9.14. The Labute approximate surface area is 189 Å². The van der Waals surface area contributed by atoms with Gasteiger partial charge in [-0.2, -0.15) is 0 Å². The number of piperidine rings is 1. The van der Waals surface area contributed by atoms with E-state index < -0.39 is 5.97 Å². The van der Waals surface area contributed by atoms with Gasteiger partial charge in [0.25, 0.3) is 0 Å². The molecule has 1 fully saturated rings. The van der Waals surface area contributed by atoms with Crippen molar-refractivity contribution in [1.82, 2.24) is 9.55 Å². The van der Waals surface area contributed by atoms with Crippen LogP contribution in [-0.2, 0) is 4.79 Å². The van der Waals surface area contributed by atoms with Gasteiger partial charge < -0.3 is 19.3 Å². The summed E-state index contributed by atoms with van der Waals surface area (Å²) in [6, 6.07) is 6.34. The van der Waals surface area contributed by atoms with Crippen LogP contribution in [0.1, 0.15) is 48.1 Å². The number of carboxylic acids is 1. The van der Waals surface area contributed by atoms with E-state index in [4.69, 9.17) is 14.8 Å². The van der Waals surface area contributed by atoms with Crippen LogP contribution in [-0.4, -0.2) is 40.8 Å². The van der Waals surface area contributed by atoms with E-state index in [2.05, 4.69) is 61.6 Å². The Kier molecular flexibility index (Phi) is 6.13. The first-order valence-corrected chi connectivity index (χ1v) is 11.4. The van der Waals surface area contributed by atoms with Crippen molar-refractivity contribution in [3.63, 3.8) is 0 Å². The van der Waals surface area contributed by atoms with Crippen LogP contribution in [0.15, 0.2) is 24.4 Å². The molecule has 0 unspecified atom stereocenters. The first kappa shape index (κ1) is 22.2. The van der Waals surface area contributed by atoms with Gasteiger partial charge in [-0.25, -0.2) is 4.98 Å². The Morgan fingerprint density at radius 2 is 1.75 bits per heavy atom. The molecule has 170 valence electrons. The molecule has 1 aromatic carbocycles. The Bertz CT molecular complexity index is 1130. The van der Waals surface area contributed by atoms with Gasteiger partial charge in [-0.15, -0.1) is 0 Å². The number of methoxy groups -OCH3 is 1. The van der Waals surface area contributed by atoms with Gasteiger partial charge >= 0.3 is 5.97 Å². The molecular formula is C26H33N3O3. The van der Waals surface area contributed by atoms with Crippen LogP contribution in [0.4, 0.5) is 5.69 Å². The van der Waals surface area contributed by atoms with E-state index in [1.807, 2.05) is 0 Å². The lowest BCUT2D eigenvalue weighted by atomic mass is 9.91. The predicted molar refractivity (Wildman–Crippen MR) is 128 cm³/mol. The lowest BCUT2D eigenvalue weighted by Gasteiger charge is -2.34. The van der Waals surface area contributed by atoms with Gasteiger partial charge in [-0.3, -0.25) is 4.79 Å². The standard InChI is InChI=1S/C26H33N3O3/c1-16-12-21(32-5)13-17(2)25(16)29-15-18(3)24-22(14-19(4)27-26(24)29)28-10-8-20(9-11-28)6-7-23(30)31/h12-15,20H,6-11H2,1-5H3,(H,30,31). The topological polar surface area (TPSA) is 67.6 Å². The van der Waals surface area contributed by atoms with Gasteiger partial charge in [-0.05, 0) is 87.8 Å². The monoisotopic (exact) mass is 435 g/mol. The van der Waals surface area contributed by atoms with E-state index in [-0.39, 0.29) is 6.42 Å². The van der Waals surface area contributed by atoms with Gasteiger partial charge in [0.2, 0.25) is 0 Å². The highest BCUT2D eigenvalue weighted by atomic mass is 16.5. The molecule has 0 saturated carbocycles. The quantitative estimate of drug-likeness (QED) is 0.565. The average Bonchev–Trinajstić information content (AvgIpc) is 3.07. The molecule has 0 bridgehead atoms. The zero-order valence-electron chi connectivity index (χ0n) is 19.7. The third kappa shape index (κ3) is 4.18. The number of fused-ring (bicyclic) bond motifs is 1. The number of pyridine rings is 1. The molecular weight excluding hydrogens is 402 g/mol. The number of aryl methyl sites for hydroxylation is 4. The fourth-order valence-electron chi connectivity index (χ4n) is 5.14. The number of hydrogen-bond acceptors (Lipinski definition) is 4. The zero-order chi connectivity index (χ0) is 23.0. The second-order valence-corrected chi connectivity index (χ2v) is 9.14. The number of nitrogens with zero attached hydrogens (tertiary/aromatic N) is 3. The van der Waals surface area contributed by atoms with Crippen LogP contribution >= 0.6 is 0 Å². The summed E-state index contributed by atoms with van der Waals surface area (Å²) in [6.07, 6.45) is 5.31. The Balaban J connectivity index is 1.72. The maximum Gasteiger partial charge on any atom is 0.303 e. The third-order valence-electron chi connectivity index (χ3n) is 6.72. The molecule has 1 N–H and O–H groups in total.